The predicted molar refractivity (Wildman–Crippen MR) is 172 cm³/mol. The maximum absolute atomic E-state index is 15.4. The first-order valence-corrected chi connectivity index (χ1v) is 15.6. The SMILES string of the molecule is CCCN(C)C1=CC=C(/C=C/C2=CC(=C/C3=C(C#N)C(=C(C#N)C#N)OC3(c3ccc(CC)cc3)C(F)(F)F)/CC(C)(C)C2)CC1. The van der Waals surface area contributed by atoms with Crippen LogP contribution in [0.3, 0.4) is 0 Å². The molecule has 0 amide bonds. The Bertz CT molecular complexity index is 1690. The number of halogens is 3. The third-order valence-electron chi connectivity index (χ3n) is 8.65. The van der Waals surface area contributed by atoms with Crippen molar-refractivity contribution in [1.82, 2.24) is 4.90 Å². The molecular weight excluding hydrogens is 585 g/mol. The molecular formula is C38H39F3N4O. The van der Waals surface area contributed by atoms with Gasteiger partial charge in [-0.05, 0) is 78.4 Å². The molecule has 2 aliphatic carbocycles. The molecule has 0 radical (unpaired) electrons. The van der Waals surface area contributed by atoms with Crippen molar-refractivity contribution >= 4 is 0 Å². The molecule has 0 saturated heterocycles. The first-order valence-electron chi connectivity index (χ1n) is 15.6. The van der Waals surface area contributed by atoms with Crippen molar-refractivity contribution in [3.05, 3.63) is 117 Å². The third kappa shape index (κ3) is 6.90. The van der Waals surface area contributed by atoms with Crippen molar-refractivity contribution in [3.63, 3.8) is 0 Å². The lowest BCUT2D eigenvalue weighted by Crippen LogP contribution is -2.44. The topological polar surface area (TPSA) is 83.8 Å². The fourth-order valence-corrected chi connectivity index (χ4v) is 6.39. The van der Waals surface area contributed by atoms with Crippen molar-refractivity contribution in [2.24, 2.45) is 5.41 Å². The van der Waals surface area contributed by atoms with Gasteiger partial charge in [-0.3, -0.25) is 0 Å². The van der Waals surface area contributed by atoms with Gasteiger partial charge in [0.05, 0.1) is 0 Å². The average Bonchev–Trinajstić information content (AvgIpc) is 3.35. The standard InChI is InChI=1S/C38H39F3N4O/c1-6-18-45(5)32-16-12-27(13-17-32)8-9-28-19-29(22-36(3,4)21-28)20-34-33(25-44)35(30(23-42)24-43)46-37(34,38(39,40)41)31-14-10-26(7-2)11-15-31/h8-12,14-16,19-20H,6-7,13,17-18,21-22H2,1-5H3/b9-8+,29-20-. The van der Waals surface area contributed by atoms with Crippen LogP contribution in [0.4, 0.5) is 13.2 Å². The van der Waals surface area contributed by atoms with E-state index in [-0.39, 0.29) is 11.0 Å². The second-order valence-corrected chi connectivity index (χ2v) is 12.8. The number of hydrogen-bond donors (Lipinski definition) is 0. The molecule has 0 N–H and O–H groups in total. The number of hydrogen-bond acceptors (Lipinski definition) is 5. The molecule has 3 aliphatic rings. The highest BCUT2D eigenvalue weighted by molar-refractivity contribution is 5.64. The van der Waals surface area contributed by atoms with Crippen LogP contribution in [0.2, 0.25) is 0 Å². The summed E-state index contributed by atoms with van der Waals surface area (Å²) in [5, 5.41) is 29.4. The second-order valence-electron chi connectivity index (χ2n) is 12.8. The maximum Gasteiger partial charge on any atom is 0.437 e. The van der Waals surface area contributed by atoms with E-state index in [1.165, 1.54) is 29.5 Å². The van der Waals surface area contributed by atoms with Gasteiger partial charge in [0.2, 0.25) is 0 Å². The smallest absolute Gasteiger partial charge is 0.437 e. The molecule has 0 spiro atoms. The molecule has 46 heavy (non-hydrogen) atoms. The van der Waals surface area contributed by atoms with Gasteiger partial charge in [-0.2, -0.15) is 29.0 Å². The van der Waals surface area contributed by atoms with Crippen LogP contribution >= 0.6 is 0 Å². The maximum atomic E-state index is 15.4. The Labute approximate surface area is 270 Å². The van der Waals surface area contributed by atoms with Crippen molar-refractivity contribution in [1.29, 1.82) is 15.8 Å². The number of allylic oxidation sites excluding steroid dienone is 11. The van der Waals surface area contributed by atoms with Gasteiger partial charge in [0.1, 0.15) is 23.8 Å². The first kappa shape index (κ1) is 34.1. The molecule has 0 fully saturated rings. The van der Waals surface area contributed by atoms with Crippen molar-refractivity contribution < 1.29 is 17.9 Å². The molecule has 0 aromatic heterocycles. The van der Waals surface area contributed by atoms with Crippen LogP contribution in [0.25, 0.3) is 0 Å². The summed E-state index contributed by atoms with van der Waals surface area (Å²) >= 11 is 0. The molecule has 4 rings (SSSR count). The van der Waals surface area contributed by atoms with Gasteiger partial charge in [-0.15, -0.1) is 0 Å². The Morgan fingerprint density at radius 3 is 2.20 bits per heavy atom. The summed E-state index contributed by atoms with van der Waals surface area (Å²) in [5.74, 6) is -0.656. The minimum absolute atomic E-state index is 0.234. The highest BCUT2D eigenvalue weighted by atomic mass is 19.4. The summed E-state index contributed by atoms with van der Waals surface area (Å²) in [5.41, 5.74) is -0.346. The van der Waals surface area contributed by atoms with E-state index in [1.54, 1.807) is 24.3 Å². The molecule has 0 bridgehead atoms. The number of rotatable bonds is 8. The molecule has 1 heterocycles. The zero-order valence-electron chi connectivity index (χ0n) is 27.1. The lowest BCUT2D eigenvalue weighted by atomic mass is 9.73. The molecule has 8 heteroatoms. The number of nitriles is 3. The molecule has 1 unspecified atom stereocenters. The summed E-state index contributed by atoms with van der Waals surface area (Å²) in [4.78, 5) is 2.27. The van der Waals surface area contributed by atoms with Gasteiger partial charge in [-0.25, -0.2) is 0 Å². The third-order valence-corrected chi connectivity index (χ3v) is 8.65. The van der Waals surface area contributed by atoms with Gasteiger partial charge in [0.15, 0.2) is 11.3 Å². The lowest BCUT2D eigenvalue weighted by molar-refractivity contribution is -0.249. The molecule has 1 atom stereocenters. The molecule has 1 aromatic carbocycles. The fourth-order valence-electron chi connectivity index (χ4n) is 6.39. The second kappa shape index (κ2) is 13.7. The van der Waals surface area contributed by atoms with Gasteiger partial charge >= 0.3 is 6.18 Å². The van der Waals surface area contributed by atoms with E-state index in [9.17, 15) is 15.8 Å². The summed E-state index contributed by atoms with van der Waals surface area (Å²) in [6.45, 7) is 9.16. The predicted octanol–water partition coefficient (Wildman–Crippen LogP) is 9.33. The van der Waals surface area contributed by atoms with E-state index in [1.807, 2.05) is 25.1 Å². The molecule has 1 aliphatic heterocycles. The Kier molecular flexibility index (Phi) is 10.2. The average molecular weight is 625 g/mol. The largest absolute Gasteiger partial charge is 0.465 e. The van der Waals surface area contributed by atoms with Gasteiger partial charge in [0.25, 0.3) is 5.60 Å². The highest BCUT2D eigenvalue weighted by Crippen LogP contribution is 2.56. The van der Waals surface area contributed by atoms with Crippen LogP contribution in [0, 0.1) is 39.4 Å². The fraction of sp³-hybridized carbons (Fsp3) is 0.395. The zero-order valence-corrected chi connectivity index (χ0v) is 27.1. The lowest BCUT2D eigenvalue weighted by Gasteiger charge is -2.35. The van der Waals surface area contributed by atoms with E-state index in [4.69, 9.17) is 4.74 Å². The van der Waals surface area contributed by atoms with Crippen LogP contribution in [-0.4, -0.2) is 24.7 Å². The normalized spacial score (nSPS) is 22.0. The Balaban J connectivity index is 1.87. The van der Waals surface area contributed by atoms with Crippen LogP contribution in [0.15, 0.2) is 106 Å². The van der Waals surface area contributed by atoms with Crippen LogP contribution < -0.4 is 0 Å². The number of aryl methyl sites for hydroxylation is 1. The minimum atomic E-state index is -5.03. The Morgan fingerprint density at radius 2 is 1.65 bits per heavy atom. The number of nitrogens with zero attached hydrogens (tertiary/aromatic N) is 4. The van der Waals surface area contributed by atoms with Crippen LogP contribution in [-0.2, 0) is 16.8 Å². The van der Waals surface area contributed by atoms with Crippen LogP contribution in [0.1, 0.15) is 70.9 Å². The van der Waals surface area contributed by atoms with Crippen molar-refractivity contribution in [2.75, 3.05) is 13.6 Å². The van der Waals surface area contributed by atoms with E-state index >= 15 is 13.2 Å². The summed E-state index contributed by atoms with van der Waals surface area (Å²) in [6, 6.07) is 10.9. The van der Waals surface area contributed by atoms with Crippen molar-refractivity contribution in [3.8, 4) is 18.2 Å². The van der Waals surface area contributed by atoms with E-state index in [2.05, 4.69) is 50.9 Å². The number of alkyl halides is 3. The van der Waals surface area contributed by atoms with Gasteiger partial charge in [0, 0.05) is 30.4 Å². The Hall–Kier alpha value is -4.74. The van der Waals surface area contributed by atoms with E-state index in [0.29, 0.717) is 18.4 Å². The van der Waals surface area contributed by atoms with E-state index in [0.717, 1.165) is 43.4 Å². The number of benzene rings is 1. The highest BCUT2D eigenvalue weighted by Gasteiger charge is 2.65. The summed E-state index contributed by atoms with van der Waals surface area (Å²) in [6.07, 6.45) is 11.3. The van der Waals surface area contributed by atoms with Gasteiger partial charge in [-0.1, -0.05) is 76.3 Å². The van der Waals surface area contributed by atoms with Gasteiger partial charge < -0.3 is 9.64 Å². The zero-order chi connectivity index (χ0) is 33.7. The molecule has 1 aromatic rings. The minimum Gasteiger partial charge on any atom is -0.465 e. The summed E-state index contributed by atoms with van der Waals surface area (Å²) < 4.78 is 51.8. The first-order chi connectivity index (χ1) is 21.8. The monoisotopic (exact) mass is 624 g/mol. The molecule has 238 valence electrons. The van der Waals surface area contributed by atoms with Crippen LogP contribution in [0.5, 0.6) is 0 Å². The quantitative estimate of drug-likeness (QED) is 0.269. The molecule has 5 nitrogen and oxygen atoms in total. The molecule has 0 saturated carbocycles. The van der Waals surface area contributed by atoms with Crippen molar-refractivity contribution in [2.45, 2.75) is 78.0 Å². The summed E-state index contributed by atoms with van der Waals surface area (Å²) in [7, 11) is 2.10. The van der Waals surface area contributed by atoms with E-state index < -0.39 is 34.3 Å². The number of ether oxygens (including phenoxy) is 1. The Morgan fingerprint density at radius 1 is 0.978 bits per heavy atom.